The standard InChI is InChI=1S/C13H14O/c1-14-13-9-5-8-12(10-13)11-6-3-2-4-7-11/h2-3,5-6,8-10H,4,7H2,1H3. The Morgan fingerprint density at radius 3 is 2.93 bits per heavy atom. The first-order chi connectivity index (χ1) is 6.90. The lowest BCUT2D eigenvalue weighted by Gasteiger charge is -2.10. The van der Waals surface area contributed by atoms with E-state index in [0.29, 0.717) is 0 Å². The largest absolute Gasteiger partial charge is 0.497 e. The molecule has 0 N–H and O–H groups in total. The first-order valence-corrected chi connectivity index (χ1v) is 4.90. The number of allylic oxidation sites excluding steroid dienone is 4. The first-order valence-electron chi connectivity index (χ1n) is 4.90. The van der Waals surface area contributed by atoms with Gasteiger partial charge in [0.15, 0.2) is 0 Å². The smallest absolute Gasteiger partial charge is 0.119 e. The van der Waals surface area contributed by atoms with Gasteiger partial charge in [0.2, 0.25) is 0 Å². The van der Waals surface area contributed by atoms with Crippen molar-refractivity contribution in [2.75, 3.05) is 7.11 Å². The molecule has 0 saturated carbocycles. The topological polar surface area (TPSA) is 9.23 Å². The highest BCUT2D eigenvalue weighted by atomic mass is 16.5. The van der Waals surface area contributed by atoms with Gasteiger partial charge in [0, 0.05) is 0 Å². The lowest BCUT2D eigenvalue weighted by atomic mass is 9.97. The molecule has 0 heterocycles. The Hall–Kier alpha value is -1.50. The van der Waals surface area contributed by atoms with E-state index in [1.54, 1.807) is 7.11 Å². The van der Waals surface area contributed by atoms with E-state index in [-0.39, 0.29) is 0 Å². The van der Waals surface area contributed by atoms with Crippen LogP contribution >= 0.6 is 0 Å². The highest BCUT2D eigenvalue weighted by Gasteiger charge is 2.03. The summed E-state index contributed by atoms with van der Waals surface area (Å²) in [6.07, 6.45) is 8.77. The number of rotatable bonds is 2. The van der Waals surface area contributed by atoms with Crippen molar-refractivity contribution in [2.45, 2.75) is 12.8 Å². The normalized spacial score (nSPS) is 15.1. The van der Waals surface area contributed by atoms with E-state index in [1.165, 1.54) is 11.1 Å². The monoisotopic (exact) mass is 186 g/mol. The molecule has 0 saturated heterocycles. The number of hydrogen-bond acceptors (Lipinski definition) is 1. The van der Waals surface area contributed by atoms with Gasteiger partial charge in [-0.25, -0.2) is 0 Å². The molecule has 0 atom stereocenters. The number of ether oxygens (including phenoxy) is 1. The second-order valence-corrected chi connectivity index (χ2v) is 3.39. The molecular weight excluding hydrogens is 172 g/mol. The molecular formula is C13H14O. The average molecular weight is 186 g/mol. The molecule has 1 aliphatic carbocycles. The quantitative estimate of drug-likeness (QED) is 0.687. The SMILES string of the molecule is COc1cccc(C2=CC=CCC2)c1. The third-order valence-electron chi connectivity index (χ3n) is 2.45. The second-order valence-electron chi connectivity index (χ2n) is 3.39. The van der Waals surface area contributed by atoms with Crippen molar-refractivity contribution in [3.05, 3.63) is 48.1 Å². The first kappa shape index (κ1) is 9.07. The van der Waals surface area contributed by atoms with Crippen LogP contribution in [-0.2, 0) is 0 Å². The van der Waals surface area contributed by atoms with Gasteiger partial charge in [-0.3, -0.25) is 0 Å². The van der Waals surface area contributed by atoms with Gasteiger partial charge < -0.3 is 4.74 Å². The van der Waals surface area contributed by atoms with Crippen molar-refractivity contribution < 1.29 is 4.74 Å². The van der Waals surface area contributed by atoms with Crippen LogP contribution in [0.2, 0.25) is 0 Å². The molecule has 14 heavy (non-hydrogen) atoms. The van der Waals surface area contributed by atoms with Gasteiger partial charge in [0.25, 0.3) is 0 Å². The van der Waals surface area contributed by atoms with Crippen LogP contribution in [0.15, 0.2) is 42.5 Å². The Balaban J connectivity index is 2.31. The van der Waals surface area contributed by atoms with Crippen LogP contribution in [0.25, 0.3) is 5.57 Å². The summed E-state index contributed by atoms with van der Waals surface area (Å²) < 4.78 is 5.20. The molecule has 0 aromatic heterocycles. The summed E-state index contributed by atoms with van der Waals surface area (Å²) in [6.45, 7) is 0. The Labute approximate surface area is 84.7 Å². The fourth-order valence-corrected chi connectivity index (χ4v) is 1.67. The highest BCUT2D eigenvalue weighted by molar-refractivity contribution is 5.69. The molecule has 1 heteroatoms. The molecule has 0 unspecified atom stereocenters. The Kier molecular flexibility index (Phi) is 2.68. The predicted molar refractivity (Wildman–Crippen MR) is 59.3 cm³/mol. The van der Waals surface area contributed by atoms with Gasteiger partial charge in [-0.2, -0.15) is 0 Å². The van der Waals surface area contributed by atoms with Crippen LogP contribution < -0.4 is 4.74 Å². The molecule has 0 bridgehead atoms. The van der Waals surface area contributed by atoms with Crippen molar-refractivity contribution in [1.29, 1.82) is 0 Å². The summed E-state index contributed by atoms with van der Waals surface area (Å²) in [5.41, 5.74) is 2.67. The van der Waals surface area contributed by atoms with Crippen LogP contribution in [0.5, 0.6) is 5.75 Å². The van der Waals surface area contributed by atoms with Crippen molar-refractivity contribution in [1.82, 2.24) is 0 Å². The van der Waals surface area contributed by atoms with Crippen LogP contribution in [0.4, 0.5) is 0 Å². The van der Waals surface area contributed by atoms with E-state index in [9.17, 15) is 0 Å². The number of methoxy groups -OCH3 is 1. The van der Waals surface area contributed by atoms with E-state index >= 15 is 0 Å². The third-order valence-corrected chi connectivity index (χ3v) is 2.45. The molecule has 0 amide bonds. The zero-order chi connectivity index (χ0) is 9.80. The molecule has 1 aliphatic rings. The molecule has 0 spiro atoms. The van der Waals surface area contributed by atoms with Crippen LogP contribution in [0.1, 0.15) is 18.4 Å². The minimum atomic E-state index is 0.929. The molecule has 1 aromatic carbocycles. The van der Waals surface area contributed by atoms with E-state index in [4.69, 9.17) is 4.74 Å². The minimum absolute atomic E-state index is 0.929. The zero-order valence-corrected chi connectivity index (χ0v) is 8.36. The zero-order valence-electron chi connectivity index (χ0n) is 8.36. The molecule has 72 valence electrons. The van der Waals surface area contributed by atoms with Gasteiger partial charge in [0.05, 0.1) is 7.11 Å². The highest BCUT2D eigenvalue weighted by Crippen LogP contribution is 2.25. The summed E-state index contributed by atoms with van der Waals surface area (Å²) >= 11 is 0. The van der Waals surface area contributed by atoms with E-state index < -0.39 is 0 Å². The number of benzene rings is 1. The van der Waals surface area contributed by atoms with Gasteiger partial charge in [-0.1, -0.05) is 30.4 Å². The van der Waals surface area contributed by atoms with Gasteiger partial charge >= 0.3 is 0 Å². The van der Waals surface area contributed by atoms with E-state index in [1.807, 2.05) is 12.1 Å². The molecule has 2 rings (SSSR count). The maximum Gasteiger partial charge on any atom is 0.119 e. The Morgan fingerprint density at radius 2 is 2.21 bits per heavy atom. The fraction of sp³-hybridized carbons (Fsp3) is 0.231. The molecule has 1 aromatic rings. The Bertz CT molecular complexity index is 375. The van der Waals surface area contributed by atoms with Crippen molar-refractivity contribution in [3.63, 3.8) is 0 Å². The third kappa shape index (κ3) is 1.87. The predicted octanol–water partition coefficient (Wildman–Crippen LogP) is 3.43. The van der Waals surface area contributed by atoms with Gasteiger partial charge in [-0.15, -0.1) is 0 Å². The second kappa shape index (κ2) is 4.14. The minimum Gasteiger partial charge on any atom is -0.497 e. The van der Waals surface area contributed by atoms with Gasteiger partial charge in [-0.05, 0) is 36.1 Å². The molecule has 0 fully saturated rings. The van der Waals surface area contributed by atoms with Crippen molar-refractivity contribution in [2.24, 2.45) is 0 Å². The fourth-order valence-electron chi connectivity index (χ4n) is 1.67. The van der Waals surface area contributed by atoms with Crippen molar-refractivity contribution in [3.8, 4) is 5.75 Å². The number of hydrogen-bond donors (Lipinski definition) is 0. The Morgan fingerprint density at radius 1 is 1.29 bits per heavy atom. The van der Waals surface area contributed by atoms with Gasteiger partial charge in [0.1, 0.15) is 5.75 Å². The lowest BCUT2D eigenvalue weighted by molar-refractivity contribution is 0.414. The van der Waals surface area contributed by atoms with E-state index in [2.05, 4.69) is 30.4 Å². The molecule has 0 radical (unpaired) electrons. The van der Waals surface area contributed by atoms with E-state index in [0.717, 1.165) is 18.6 Å². The van der Waals surface area contributed by atoms with Crippen molar-refractivity contribution >= 4 is 5.57 Å². The van der Waals surface area contributed by atoms with Crippen LogP contribution in [0.3, 0.4) is 0 Å². The average Bonchev–Trinajstić information content (AvgIpc) is 2.30. The van der Waals surface area contributed by atoms with Crippen LogP contribution in [-0.4, -0.2) is 7.11 Å². The maximum atomic E-state index is 5.20. The lowest BCUT2D eigenvalue weighted by Crippen LogP contribution is -1.89. The summed E-state index contributed by atoms with van der Waals surface area (Å²) in [5, 5.41) is 0. The molecule has 1 nitrogen and oxygen atoms in total. The molecule has 0 aliphatic heterocycles. The maximum absolute atomic E-state index is 5.20. The summed E-state index contributed by atoms with van der Waals surface area (Å²) in [5.74, 6) is 0.929. The van der Waals surface area contributed by atoms with Crippen LogP contribution in [0, 0.1) is 0 Å². The summed E-state index contributed by atoms with van der Waals surface area (Å²) in [7, 11) is 1.70. The summed E-state index contributed by atoms with van der Waals surface area (Å²) in [4.78, 5) is 0. The summed E-state index contributed by atoms with van der Waals surface area (Å²) in [6, 6.07) is 8.23.